The molecule has 4 heteroatoms. The molecule has 0 bridgehead atoms. The zero-order valence-electron chi connectivity index (χ0n) is 34.3. The van der Waals surface area contributed by atoms with E-state index < -0.39 is 5.41 Å². The second-order valence-electron chi connectivity index (χ2n) is 18.4. The number of rotatable bonds is 3. The highest BCUT2D eigenvalue weighted by molar-refractivity contribution is 6.17. The maximum atomic E-state index is 5.44. The number of hydrogen-bond acceptors (Lipinski definition) is 3. The molecule has 0 saturated heterocycles. The van der Waals surface area contributed by atoms with Gasteiger partial charge >= 0.3 is 0 Å². The van der Waals surface area contributed by atoms with Gasteiger partial charge in [0.2, 0.25) is 5.95 Å². The van der Waals surface area contributed by atoms with Crippen LogP contribution < -0.4 is 0 Å². The normalized spacial score (nSPS) is 16.8. The van der Waals surface area contributed by atoms with Crippen molar-refractivity contribution in [3.05, 3.63) is 191 Å². The lowest BCUT2D eigenvalue weighted by Gasteiger charge is -2.44. The van der Waals surface area contributed by atoms with Crippen molar-refractivity contribution in [3.8, 4) is 51.0 Å². The molecule has 2 heterocycles. The first-order chi connectivity index (χ1) is 28.5. The molecule has 0 unspecified atom stereocenters. The SMILES string of the molecule is CC1(C)c2cc3c4ccc5c(c4n(-c4nc(-c6ccccc6)nc(-c6ccccc6)n4)c3cc2C(C)(C)C1(C)C)-c1ccccc1C51c2ccccc2-c2ccccc21. The molecule has 2 aromatic heterocycles. The van der Waals surface area contributed by atoms with E-state index in [1.165, 1.54) is 66.4 Å². The van der Waals surface area contributed by atoms with E-state index in [0.717, 1.165) is 22.2 Å². The van der Waals surface area contributed by atoms with Gasteiger partial charge in [0.25, 0.3) is 0 Å². The maximum absolute atomic E-state index is 5.44. The van der Waals surface area contributed by atoms with Crippen LogP contribution in [0.3, 0.4) is 0 Å². The van der Waals surface area contributed by atoms with Crippen LogP contribution in [0.5, 0.6) is 0 Å². The second kappa shape index (κ2) is 11.5. The minimum Gasteiger partial charge on any atom is -0.277 e. The molecule has 284 valence electrons. The van der Waals surface area contributed by atoms with Crippen molar-refractivity contribution in [2.24, 2.45) is 5.41 Å². The van der Waals surface area contributed by atoms with Crippen LogP contribution in [-0.2, 0) is 16.2 Å². The predicted octanol–water partition coefficient (Wildman–Crippen LogP) is 13.2. The Labute approximate surface area is 345 Å². The molecule has 9 aromatic rings. The van der Waals surface area contributed by atoms with E-state index in [1.807, 2.05) is 12.1 Å². The maximum Gasteiger partial charge on any atom is 0.238 e. The van der Waals surface area contributed by atoms with E-state index in [9.17, 15) is 0 Å². The molecule has 12 rings (SSSR count). The number of nitrogens with zero attached hydrogens (tertiary/aromatic N) is 4. The molecular weight excluding hydrogens is 717 g/mol. The third-order valence-corrected chi connectivity index (χ3v) is 15.4. The second-order valence-corrected chi connectivity index (χ2v) is 18.4. The average molecular weight is 761 g/mol. The lowest BCUT2D eigenvalue weighted by Crippen LogP contribution is -2.42. The first-order valence-electron chi connectivity index (χ1n) is 20.9. The fourth-order valence-corrected chi connectivity index (χ4v) is 11.3. The highest BCUT2D eigenvalue weighted by Crippen LogP contribution is 2.65. The summed E-state index contributed by atoms with van der Waals surface area (Å²) in [5.74, 6) is 1.92. The van der Waals surface area contributed by atoms with Gasteiger partial charge < -0.3 is 0 Å². The van der Waals surface area contributed by atoms with E-state index >= 15 is 0 Å². The van der Waals surface area contributed by atoms with Crippen LogP contribution in [0.4, 0.5) is 0 Å². The number of benzene rings is 7. The minimum absolute atomic E-state index is 0.00567. The fourth-order valence-electron chi connectivity index (χ4n) is 11.3. The van der Waals surface area contributed by atoms with Crippen molar-refractivity contribution < 1.29 is 0 Å². The summed E-state index contributed by atoms with van der Waals surface area (Å²) in [5, 5.41) is 2.42. The summed E-state index contributed by atoms with van der Waals surface area (Å²) >= 11 is 0. The monoisotopic (exact) mass is 760 g/mol. The summed E-state index contributed by atoms with van der Waals surface area (Å²) < 4.78 is 2.39. The van der Waals surface area contributed by atoms with Gasteiger partial charge in [-0.15, -0.1) is 0 Å². The Balaban J connectivity index is 1.28. The van der Waals surface area contributed by atoms with Crippen LogP contribution >= 0.6 is 0 Å². The summed E-state index contributed by atoms with van der Waals surface area (Å²) in [6, 6.07) is 57.6. The third kappa shape index (κ3) is 4.16. The molecule has 0 N–H and O–H groups in total. The van der Waals surface area contributed by atoms with Crippen molar-refractivity contribution in [3.63, 3.8) is 0 Å². The van der Waals surface area contributed by atoms with E-state index in [2.05, 4.69) is 192 Å². The first kappa shape index (κ1) is 34.4. The number of aromatic nitrogens is 4. The van der Waals surface area contributed by atoms with Crippen molar-refractivity contribution in [1.29, 1.82) is 0 Å². The molecular formula is C55H44N4. The van der Waals surface area contributed by atoms with Crippen molar-refractivity contribution in [2.75, 3.05) is 0 Å². The van der Waals surface area contributed by atoms with Gasteiger partial charge in [0.15, 0.2) is 11.6 Å². The lowest BCUT2D eigenvalue weighted by atomic mass is 9.59. The Bertz CT molecular complexity index is 3140. The lowest BCUT2D eigenvalue weighted by molar-refractivity contribution is 0.125. The molecule has 0 saturated carbocycles. The highest BCUT2D eigenvalue weighted by Gasteiger charge is 2.57. The van der Waals surface area contributed by atoms with Crippen LogP contribution in [0, 0.1) is 5.41 Å². The summed E-state index contributed by atoms with van der Waals surface area (Å²) in [4.78, 5) is 16.0. The quantitative estimate of drug-likeness (QED) is 0.180. The van der Waals surface area contributed by atoms with Gasteiger partial charge in [-0.1, -0.05) is 187 Å². The molecule has 0 fully saturated rings. The molecule has 4 nitrogen and oxygen atoms in total. The Morgan fingerprint density at radius 1 is 0.407 bits per heavy atom. The Morgan fingerprint density at radius 2 is 0.881 bits per heavy atom. The zero-order chi connectivity index (χ0) is 40.1. The smallest absolute Gasteiger partial charge is 0.238 e. The number of hydrogen-bond donors (Lipinski definition) is 0. The standard InChI is InChI=1S/C55H44N4/c1-52(2)44-31-39-37-29-30-43-47(38-25-15-18-28-42(38)55(43)40-26-16-13-23-35(40)36-24-14-17-27-41(36)55)48(37)59(46(39)32-45(44)53(3,4)54(52,5)6)51-57-49(33-19-9-7-10-20-33)56-50(58-51)34-21-11-8-12-22-34/h7-32H,1-6H3. The summed E-state index contributed by atoms with van der Waals surface area (Å²) in [6.07, 6.45) is 0. The molecule has 59 heavy (non-hydrogen) atoms. The summed E-state index contributed by atoms with van der Waals surface area (Å²) in [5.41, 5.74) is 16.7. The molecule has 7 aromatic carbocycles. The molecule has 1 spiro atoms. The largest absolute Gasteiger partial charge is 0.277 e. The van der Waals surface area contributed by atoms with E-state index in [-0.39, 0.29) is 16.2 Å². The Kier molecular flexibility index (Phi) is 6.71. The van der Waals surface area contributed by atoms with E-state index in [0.29, 0.717) is 17.6 Å². The fraction of sp³-hybridized carbons (Fsp3) is 0.182. The van der Waals surface area contributed by atoms with Crippen LogP contribution in [-0.4, -0.2) is 19.5 Å². The Morgan fingerprint density at radius 3 is 1.44 bits per heavy atom. The third-order valence-electron chi connectivity index (χ3n) is 15.4. The molecule has 0 aliphatic heterocycles. The zero-order valence-corrected chi connectivity index (χ0v) is 34.3. The van der Waals surface area contributed by atoms with Gasteiger partial charge in [-0.3, -0.25) is 4.57 Å². The van der Waals surface area contributed by atoms with Crippen LogP contribution in [0.15, 0.2) is 158 Å². The predicted molar refractivity (Wildman–Crippen MR) is 241 cm³/mol. The molecule has 0 amide bonds. The number of fused-ring (bicyclic) bond motifs is 15. The summed E-state index contributed by atoms with van der Waals surface area (Å²) in [7, 11) is 0. The van der Waals surface area contributed by atoms with Crippen LogP contribution in [0.1, 0.15) is 74.9 Å². The van der Waals surface area contributed by atoms with Gasteiger partial charge in [-0.2, -0.15) is 9.97 Å². The minimum atomic E-state index is -0.478. The first-order valence-corrected chi connectivity index (χ1v) is 20.9. The topological polar surface area (TPSA) is 43.6 Å². The van der Waals surface area contributed by atoms with Crippen LogP contribution in [0.25, 0.3) is 72.8 Å². The highest BCUT2D eigenvalue weighted by atomic mass is 15.2. The van der Waals surface area contributed by atoms with Crippen LogP contribution in [0.2, 0.25) is 0 Å². The van der Waals surface area contributed by atoms with Gasteiger partial charge in [-0.05, 0) is 78.4 Å². The van der Waals surface area contributed by atoms with E-state index in [4.69, 9.17) is 15.0 Å². The van der Waals surface area contributed by atoms with E-state index in [1.54, 1.807) is 0 Å². The van der Waals surface area contributed by atoms with Crippen molar-refractivity contribution in [1.82, 2.24) is 19.5 Å². The van der Waals surface area contributed by atoms with Gasteiger partial charge in [-0.25, -0.2) is 4.98 Å². The van der Waals surface area contributed by atoms with Gasteiger partial charge in [0, 0.05) is 27.5 Å². The molecule has 3 aliphatic rings. The molecule has 3 aliphatic carbocycles. The average Bonchev–Trinajstić information content (AvgIpc) is 3.90. The van der Waals surface area contributed by atoms with Gasteiger partial charge in [0.05, 0.1) is 16.4 Å². The molecule has 0 radical (unpaired) electrons. The molecule has 0 atom stereocenters. The van der Waals surface area contributed by atoms with Gasteiger partial charge in [0.1, 0.15) is 0 Å². The van der Waals surface area contributed by atoms with Crippen molar-refractivity contribution >= 4 is 21.8 Å². The summed E-state index contributed by atoms with van der Waals surface area (Å²) in [6.45, 7) is 14.6. The van der Waals surface area contributed by atoms with Crippen molar-refractivity contribution in [2.45, 2.75) is 57.8 Å². The Hall–Kier alpha value is -6.65.